The molecule has 1 aromatic carbocycles. The molecule has 1 atom stereocenters. The van der Waals surface area contributed by atoms with Crippen LogP contribution in [0.3, 0.4) is 0 Å². The summed E-state index contributed by atoms with van der Waals surface area (Å²) in [7, 11) is 1.92. The molecule has 0 fully saturated rings. The van der Waals surface area contributed by atoms with Gasteiger partial charge < -0.3 is 9.67 Å². The van der Waals surface area contributed by atoms with Crippen molar-refractivity contribution >= 4 is 5.78 Å². The molecule has 2 rings (SSSR count). The van der Waals surface area contributed by atoms with Crippen molar-refractivity contribution in [1.29, 1.82) is 0 Å². The Bertz CT molecular complexity index is 674. The van der Waals surface area contributed by atoms with Crippen LogP contribution >= 0.6 is 0 Å². The van der Waals surface area contributed by atoms with E-state index in [0.29, 0.717) is 19.5 Å². The Hall–Kier alpha value is -1.91. The molecular formula is C20H28N2O2. The fourth-order valence-corrected chi connectivity index (χ4v) is 2.91. The Labute approximate surface area is 144 Å². The zero-order valence-electron chi connectivity index (χ0n) is 15.1. The summed E-state index contributed by atoms with van der Waals surface area (Å²) in [5, 5.41) is 9.36. The van der Waals surface area contributed by atoms with E-state index < -0.39 is 0 Å². The van der Waals surface area contributed by atoms with Crippen molar-refractivity contribution in [3.05, 3.63) is 58.9 Å². The number of hydrogen-bond donors (Lipinski definition) is 1. The van der Waals surface area contributed by atoms with Crippen LogP contribution in [0.15, 0.2) is 36.4 Å². The molecule has 0 aliphatic heterocycles. The van der Waals surface area contributed by atoms with Crippen LogP contribution in [0.25, 0.3) is 0 Å². The van der Waals surface area contributed by atoms with E-state index in [0.717, 1.165) is 23.5 Å². The minimum Gasteiger partial charge on any atom is -0.393 e. The van der Waals surface area contributed by atoms with Crippen LogP contribution in [0, 0.1) is 13.8 Å². The molecular weight excluding hydrogens is 300 g/mol. The lowest BCUT2D eigenvalue weighted by molar-refractivity contribution is 0.0931. The molecule has 24 heavy (non-hydrogen) atoms. The largest absolute Gasteiger partial charge is 0.393 e. The van der Waals surface area contributed by atoms with Crippen LogP contribution in [-0.2, 0) is 6.54 Å². The minimum atomic E-state index is -0.335. The number of Topliss-reactive ketones (excluding diaryl/α,β-unsaturated/α-hetero) is 1. The third-order valence-electron chi connectivity index (χ3n) is 4.40. The van der Waals surface area contributed by atoms with Crippen LogP contribution in [-0.4, -0.2) is 46.6 Å². The molecule has 1 unspecified atom stereocenters. The first-order valence-corrected chi connectivity index (χ1v) is 8.49. The van der Waals surface area contributed by atoms with E-state index in [-0.39, 0.29) is 11.9 Å². The summed E-state index contributed by atoms with van der Waals surface area (Å²) in [6, 6.07) is 12.3. The van der Waals surface area contributed by atoms with Gasteiger partial charge in [-0.2, -0.15) is 0 Å². The summed E-state index contributed by atoms with van der Waals surface area (Å²) < 4.78 is 2.19. The molecule has 0 spiro atoms. The Balaban J connectivity index is 2.08. The summed E-state index contributed by atoms with van der Waals surface area (Å²) in [6.45, 7) is 7.70. The fraction of sp³-hybridized carbons (Fsp3) is 0.450. The van der Waals surface area contributed by atoms with Gasteiger partial charge in [-0.05, 0) is 45.9 Å². The highest BCUT2D eigenvalue weighted by Gasteiger charge is 2.17. The van der Waals surface area contributed by atoms with E-state index >= 15 is 0 Å². The molecule has 0 aliphatic carbocycles. The van der Waals surface area contributed by atoms with Crippen molar-refractivity contribution in [2.24, 2.45) is 0 Å². The molecule has 1 N–H and O–H groups in total. The first-order valence-electron chi connectivity index (χ1n) is 8.49. The quantitative estimate of drug-likeness (QED) is 0.758. The molecule has 2 aromatic rings. The number of aromatic nitrogens is 1. The lowest BCUT2D eigenvalue weighted by atomic mass is 10.1. The summed E-state index contributed by atoms with van der Waals surface area (Å²) in [6.07, 6.45) is 0.343. The molecule has 0 aliphatic rings. The summed E-state index contributed by atoms with van der Waals surface area (Å²) in [4.78, 5) is 14.6. The van der Waals surface area contributed by atoms with Crippen LogP contribution < -0.4 is 0 Å². The molecule has 0 radical (unpaired) electrons. The van der Waals surface area contributed by atoms with Crippen molar-refractivity contribution in [3.63, 3.8) is 0 Å². The number of aliphatic hydroxyl groups is 1. The molecule has 0 bridgehead atoms. The highest BCUT2D eigenvalue weighted by atomic mass is 16.3. The van der Waals surface area contributed by atoms with E-state index in [9.17, 15) is 9.90 Å². The van der Waals surface area contributed by atoms with Crippen molar-refractivity contribution < 1.29 is 9.90 Å². The van der Waals surface area contributed by atoms with Gasteiger partial charge in [0.25, 0.3) is 0 Å². The Morgan fingerprint density at radius 1 is 1.25 bits per heavy atom. The average molecular weight is 328 g/mol. The van der Waals surface area contributed by atoms with Gasteiger partial charge in [0.05, 0.1) is 12.6 Å². The number of hydrogen-bond acceptors (Lipinski definition) is 3. The van der Waals surface area contributed by atoms with Crippen molar-refractivity contribution in [3.8, 4) is 0 Å². The minimum absolute atomic E-state index is 0.135. The van der Waals surface area contributed by atoms with Gasteiger partial charge in [-0.1, -0.05) is 30.3 Å². The van der Waals surface area contributed by atoms with E-state index in [1.165, 1.54) is 5.56 Å². The molecule has 0 saturated carbocycles. The first kappa shape index (κ1) is 18.4. The molecule has 1 heterocycles. The fourth-order valence-electron chi connectivity index (χ4n) is 2.91. The number of carbonyl (C=O) groups excluding carboxylic acids is 1. The van der Waals surface area contributed by atoms with Gasteiger partial charge >= 0.3 is 0 Å². The highest BCUT2D eigenvalue weighted by molar-refractivity contribution is 5.99. The number of aliphatic hydroxyl groups excluding tert-OH is 1. The lowest BCUT2D eigenvalue weighted by Crippen LogP contribution is -2.28. The zero-order valence-corrected chi connectivity index (χ0v) is 15.1. The standard InChI is InChI=1S/C20H28N2O2/c1-15-12-19(20(24)14-21(4)11-10-16(2)23)17(3)22(15)13-18-8-6-5-7-9-18/h5-9,12,16,23H,10-11,13-14H2,1-4H3. The van der Waals surface area contributed by atoms with E-state index in [1.54, 1.807) is 6.92 Å². The van der Waals surface area contributed by atoms with Crippen molar-refractivity contribution in [2.75, 3.05) is 20.1 Å². The van der Waals surface area contributed by atoms with Gasteiger partial charge in [-0.3, -0.25) is 9.69 Å². The van der Waals surface area contributed by atoms with Gasteiger partial charge in [0, 0.05) is 30.0 Å². The number of carbonyl (C=O) groups is 1. The predicted molar refractivity (Wildman–Crippen MR) is 97.6 cm³/mol. The van der Waals surface area contributed by atoms with Crippen molar-refractivity contribution in [2.45, 2.75) is 39.8 Å². The SMILES string of the molecule is Cc1cc(C(=O)CN(C)CCC(C)O)c(C)n1Cc1ccccc1. The maximum Gasteiger partial charge on any atom is 0.178 e. The number of benzene rings is 1. The first-order chi connectivity index (χ1) is 11.4. The molecule has 4 heteroatoms. The van der Waals surface area contributed by atoms with Gasteiger partial charge in [0.2, 0.25) is 0 Å². The zero-order chi connectivity index (χ0) is 17.7. The van der Waals surface area contributed by atoms with E-state index in [1.807, 2.05) is 50.1 Å². The van der Waals surface area contributed by atoms with Gasteiger partial charge in [0.1, 0.15) is 0 Å². The number of aryl methyl sites for hydroxylation is 1. The lowest BCUT2D eigenvalue weighted by Gasteiger charge is -2.16. The molecule has 0 saturated heterocycles. The van der Waals surface area contributed by atoms with E-state index in [4.69, 9.17) is 0 Å². The highest BCUT2D eigenvalue weighted by Crippen LogP contribution is 2.18. The van der Waals surface area contributed by atoms with Crippen molar-refractivity contribution in [1.82, 2.24) is 9.47 Å². The summed E-state index contributed by atoms with van der Waals surface area (Å²) in [5.41, 5.74) is 4.15. The monoisotopic (exact) mass is 328 g/mol. The average Bonchev–Trinajstić information content (AvgIpc) is 2.82. The summed E-state index contributed by atoms with van der Waals surface area (Å²) in [5.74, 6) is 0.135. The number of likely N-dealkylation sites (N-methyl/N-ethyl adjacent to an activating group) is 1. The van der Waals surface area contributed by atoms with Gasteiger partial charge in [0.15, 0.2) is 5.78 Å². The Morgan fingerprint density at radius 3 is 2.54 bits per heavy atom. The van der Waals surface area contributed by atoms with Crippen LogP contribution in [0.4, 0.5) is 0 Å². The maximum atomic E-state index is 12.6. The topological polar surface area (TPSA) is 45.5 Å². The third-order valence-corrected chi connectivity index (χ3v) is 4.40. The Morgan fingerprint density at radius 2 is 1.92 bits per heavy atom. The normalized spacial score (nSPS) is 12.6. The second-order valence-electron chi connectivity index (χ2n) is 6.66. The molecule has 4 nitrogen and oxygen atoms in total. The van der Waals surface area contributed by atoms with Gasteiger partial charge in [-0.25, -0.2) is 0 Å². The van der Waals surface area contributed by atoms with Crippen LogP contribution in [0.1, 0.15) is 40.7 Å². The molecule has 130 valence electrons. The smallest absolute Gasteiger partial charge is 0.178 e. The van der Waals surface area contributed by atoms with Gasteiger partial charge in [-0.15, -0.1) is 0 Å². The maximum absolute atomic E-state index is 12.6. The summed E-state index contributed by atoms with van der Waals surface area (Å²) >= 11 is 0. The Kier molecular flexibility index (Phi) is 6.35. The molecule has 1 aromatic heterocycles. The number of rotatable bonds is 8. The van der Waals surface area contributed by atoms with Crippen LogP contribution in [0.2, 0.25) is 0 Å². The predicted octanol–water partition coefficient (Wildman–Crippen LogP) is 3.04. The second kappa shape index (κ2) is 8.27. The number of nitrogens with zero attached hydrogens (tertiary/aromatic N) is 2. The molecule has 0 amide bonds. The second-order valence-corrected chi connectivity index (χ2v) is 6.66. The third kappa shape index (κ3) is 4.79. The van der Waals surface area contributed by atoms with E-state index in [2.05, 4.69) is 16.7 Å². The van der Waals surface area contributed by atoms with Crippen LogP contribution in [0.5, 0.6) is 0 Å². The number of ketones is 1.